The highest BCUT2D eigenvalue weighted by atomic mass is 16.3. The van der Waals surface area contributed by atoms with Crippen molar-refractivity contribution in [2.45, 2.75) is 13.0 Å². The summed E-state index contributed by atoms with van der Waals surface area (Å²) in [7, 11) is 0. The van der Waals surface area contributed by atoms with Gasteiger partial charge in [-0.05, 0) is 30.7 Å². The van der Waals surface area contributed by atoms with Crippen molar-refractivity contribution >= 4 is 11.0 Å². The fraction of sp³-hybridized carbons (Fsp3) is 0.429. The smallest absolute Gasteiger partial charge is 0.133 e. The fourth-order valence-corrected chi connectivity index (χ4v) is 2.53. The summed E-state index contributed by atoms with van der Waals surface area (Å²) in [5.41, 5.74) is 2.35. The minimum Gasteiger partial charge on any atom is -0.464 e. The van der Waals surface area contributed by atoms with Crippen LogP contribution in [-0.4, -0.2) is 31.1 Å². The van der Waals surface area contributed by atoms with Crippen LogP contribution in [0.3, 0.4) is 0 Å². The van der Waals surface area contributed by atoms with Crippen LogP contribution in [0.1, 0.15) is 18.5 Å². The van der Waals surface area contributed by atoms with Gasteiger partial charge in [-0.15, -0.1) is 0 Å². The Labute approximate surface area is 101 Å². The SMILES string of the molecule is CC(c1ccc2occc2c1)N1CCNCC1. The van der Waals surface area contributed by atoms with Crippen molar-refractivity contribution in [1.29, 1.82) is 0 Å². The van der Waals surface area contributed by atoms with Gasteiger partial charge in [0.1, 0.15) is 5.58 Å². The first-order valence-electron chi connectivity index (χ1n) is 6.26. The van der Waals surface area contributed by atoms with Crippen LogP contribution in [0.25, 0.3) is 11.0 Å². The molecule has 1 unspecified atom stereocenters. The third-order valence-electron chi connectivity index (χ3n) is 3.66. The first kappa shape index (κ1) is 10.8. The highest BCUT2D eigenvalue weighted by molar-refractivity contribution is 5.77. The molecule has 1 aliphatic rings. The van der Waals surface area contributed by atoms with Gasteiger partial charge in [0.05, 0.1) is 6.26 Å². The highest BCUT2D eigenvalue weighted by Crippen LogP contribution is 2.25. The predicted molar refractivity (Wildman–Crippen MR) is 69.1 cm³/mol. The summed E-state index contributed by atoms with van der Waals surface area (Å²) < 4.78 is 5.37. The fourth-order valence-electron chi connectivity index (χ4n) is 2.53. The summed E-state index contributed by atoms with van der Waals surface area (Å²) in [6.07, 6.45) is 1.75. The van der Waals surface area contributed by atoms with Crippen LogP contribution in [0.2, 0.25) is 0 Å². The van der Waals surface area contributed by atoms with E-state index in [1.165, 1.54) is 10.9 Å². The molecule has 1 fully saturated rings. The molecule has 2 heterocycles. The molecule has 0 bridgehead atoms. The van der Waals surface area contributed by atoms with Gasteiger partial charge in [-0.2, -0.15) is 0 Å². The first-order chi connectivity index (χ1) is 8.34. The summed E-state index contributed by atoms with van der Waals surface area (Å²) >= 11 is 0. The number of rotatable bonds is 2. The first-order valence-corrected chi connectivity index (χ1v) is 6.26. The molecule has 3 rings (SSSR count). The number of nitrogens with zero attached hydrogens (tertiary/aromatic N) is 1. The number of hydrogen-bond acceptors (Lipinski definition) is 3. The Kier molecular flexibility index (Phi) is 2.87. The molecule has 1 aromatic carbocycles. The zero-order chi connectivity index (χ0) is 11.7. The Morgan fingerprint density at radius 3 is 2.88 bits per heavy atom. The Morgan fingerprint density at radius 1 is 1.24 bits per heavy atom. The average Bonchev–Trinajstić information content (AvgIpc) is 2.86. The van der Waals surface area contributed by atoms with Crippen molar-refractivity contribution in [2.75, 3.05) is 26.2 Å². The molecule has 0 aliphatic carbocycles. The lowest BCUT2D eigenvalue weighted by molar-refractivity contribution is 0.185. The molecule has 1 saturated heterocycles. The van der Waals surface area contributed by atoms with Gasteiger partial charge < -0.3 is 9.73 Å². The van der Waals surface area contributed by atoms with Gasteiger partial charge in [0.2, 0.25) is 0 Å². The molecule has 0 radical (unpaired) electrons. The van der Waals surface area contributed by atoms with Crippen LogP contribution in [0.5, 0.6) is 0 Å². The van der Waals surface area contributed by atoms with E-state index in [-0.39, 0.29) is 0 Å². The van der Waals surface area contributed by atoms with Gasteiger partial charge in [0, 0.05) is 37.6 Å². The molecule has 1 aliphatic heterocycles. The molecule has 3 heteroatoms. The molecule has 1 N–H and O–H groups in total. The van der Waals surface area contributed by atoms with Gasteiger partial charge in [0.25, 0.3) is 0 Å². The lowest BCUT2D eigenvalue weighted by atomic mass is 10.0. The van der Waals surface area contributed by atoms with Gasteiger partial charge >= 0.3 is 0 Å². The van der Waals surface area contributed by atoms with E-state index < -0.39 is 0 Å². The minimum atomic E-state index is 0.483. The molecule has 1 aromatic heterocycles. The second-order valence-corrected chi connectivity index (χ2v) is 4.68. The summed E-state index contributed by atoms with van der Waals surface area (Å²) in [5, 5.41) is 4.59. The second-order valence-electron chi connectivity index (χ2n) is 4.68. The van der Waals surface area contributed by atoms with Crippen molar-refractivity contribution < 1.29 is 4.42 Å². The van der Waals surface area contributed by atoms with E-state index in [2.05, 4.69) is 35.3 Å². The summed E-state index contributed by atoms with van der Waals surface area (Å²) in [5.74, 6) is 0. The molecule has 0 amide bonds. The quantitative estimate of drug-likeness (QED) is 0.858. The Bertz CT molecular complexity index is 500. The lowest BCUT2D eigenvalue weighted by Gasteiger charge is -2.33. The highest BCUT2D eigenvalue weighted by Gasteiger charge is 2.18. The third kappa shape index (κ3) is 2.08. The van der Waals surface area contributed by atoms with Crippen molar-refractivity contribution in [3.63, 3.8) is 0 Å². The largest absolute Gasteiger partial charge is 0.464 e. The third-order valence-corrected chi connectivity index (χ3v) is 3.66. The van der Waals surface area contributed by atoms with Gasteiger partial charge in [-0.3, -0.25) is 4.90 Å². The van der Waals surface area contributed by atoms with E-state index in [9.17, 15) is 0 Å². The van der Waals surface area contributed by atoms with E-state index in [0.29, 0.717) is 6.04 Å². The molecule has 2 aromatic rings. The van der Waals surface area contributed by atoms with Crippen molar-refractivity contribution in [1.82, 2.24) is 10.2 Å². The standard InChI is InChI=1S/C14H18N2O/c1-11(16-7-5-15-6-8-16)12-2-3-14-13(10-12)4-9-17-14/h2-4,9-11,15H,5-8H2,1H3. The Morgan fingerprint density at radius 2 is 2.06 bits per heavy atom. The van der Waals surface area contributed by atoms with E-state index in [0.717, 1.165) is 31.8 Å². The van der Waals surface area contributed by atoms with Gasteiger partial charge in [-0.1, -0.05) is 6.07 Å². The minimum absolute atomic E-state index is 0.483. The summed E-state index contributed by atoms with van der Waals surface area (Å²) in [6.45, 7) is 6.73. The lowest BCUT2D eigenvalue weighted by Crippen LogP contribution is -2.44. The predicted octanol–water partition coefficient (Wildman–Crippen LogP) is 2.40. The Balaban J connectivity index is 1.86. The molecular weight excluding hydrogens is 212 g/mol. The topological polar surface area (TPSA) is 28.4 Å². The van der Waals surface area contributed by atoms with Crippen LogP contribution in [-0.2, 0) is 0 Å². The molecule has 17 heavy (non-hydrogen) atoms. The normalized spacial score (nSPS) is 19.6. The van der Waals surface area contributed by atoms with Crippen LogP contribution < -0.4 is 5.32 Å². The maximum absolute atomic E-state index is 5.37. The van der Waals surface area contributed by atoms with E-state index >= 15 is 0 Å². The second kappa shape index (κ2) is 4.51. The van der Waals surface area contributed by atoms with E-state index in [1.54, 1.807) is 6.26 Å². The number of hydrogen-bond donors (Lipinski definition) is 1. The molecule has 1 atom stereocenters. The van der Waals surface area contributed by atoms with Crippen molar-refractivity contribution in [3.8, 4) is 0 Å². The van der Waals surface area contributed by atoms with Crippen molar-refractivity contribution in [2.24, 2.45) is 0 Å². The molecule has 0 spiro atoms. The van der Waals surface area contributed by atoms with Crippen LogP contribution in [0.4, 0.5) is 0 Å². The number of benzene rings is 1. The zero-order valence-electron chi connectivity index (χ0n) is 10.1. The monoisotopic (exact) mass is 230 g/mol. The van der Waals surface area contributed by atoms with Crippen LogP contribution in [0, 0.1) is 0 Å². The maximum Gasteiger partial charge on any atom is 0.133 e. The number of nitrogens with one attached hydrogen (secondary N) is 1. The van der Waals surface area contributed by atoms with Crippen LogP contribution >= 0.6 is 0 Å². The molecule has 3 nitrogen and oxygen atoms in total. The average molecular weight is 230 g/mol. The maximum atomic E-state index is 5.37. The number of fused-ring (bicyclic) bond motifs is 1. The zero-order valence-corrected chi connectivity index (χ0v) is 10.1. The van der Waals surface area contributed by atoms with Gasteiger partial charge in [0.15, 0.2) is 0 Å². The number of piperazine rings is 1. The van der Waals surface area contributed by atoms with E-state index in [1.807, 2.05) is 6.07 Å². The molecule has 90 valence electrons. The van der Waals surface area contributed by atoms with Crippen LogP contribution in [0.15, 0.2) is 34.9 Å². The number of furan rings is 1. The summed E-state index contributed by atoms with van der Waals surface area (Å²) in [6, 6.07) is 9.01. The molecular formula is C14H18N2O. The summed E-state index contributed by atoms with van der Waals surface area (Å²) in [4.78, 5) is 2.53. The molecule has 0 saturated carbocycles. The van der Waals surface area contributed by atoms with Crippen molar-refractivity contribution in [3.05, 3.63) is 36.1 Å². The van der Waals surface area contributed by atoms with E-state index in [4.69, 9.17) is 4.42 Å². The Hall–Kier alpha value is -1.32. The van der Waals surface area contributed by atoms with Gasteiger partial charge in [-0.25, -0.2) is 0 Å².